The zero-order chi connectivity index (χ0) is 13.3. The Hall–Kier alpha value is -0.610. The summed E-state index contributed by atoms with van der Waals surface area (Å²) in [5.74, 6) is 0.562. The van der Waals surface area contributed by atoms with Crippen molar-refractivity contribution in [3.63, 3.8) is 0 Å². The van der Waals surface area contributed by atoms with Crippen LogP contribution in [0.15, 0.2) is 0 Å². The molecule has 4 nitrogen and oxygen atoms in total. The summed E-state index contributed by atoms with van der Waals surface area (Å²) in [6.45, 7) is 6.78. The molecule has 1 amide bonds. The summed E-state index contributed by atoms with van der Waals surface area (Å²) in [6, 6.07) is 0. The van der Waals surface area contributed by atoms with Crippen molar-refractivity contribution in [2.24, 2.45) is 11.7 Å². The van der Waals surface area contributed by atoms with E-state index in [4.69, 9.17) is 5.73 Å². The maximum absolute atomic E-state index is 11.6. The van der Waals surface area contributed by atoms with E-state index in [0.717, 1.165) is 19.3 Å². The normalized spacial score (nSPS) is 16.3. The fourth-order valence-corrected chi connectivity index (χ4v) is 1.63. The number of aliphatic hydroxyl groups is 1. The molecule has 17 heavy (non-hydrogen) atoms. The molecule has 0 bridgehead atoms. The third-order valence-corrected chi connectivity index (χ3v) is 3.36. The number of nitrogens with one attached hydrogen (secondary N) is 1. The average Bonchev–Trinajstić information content (AvgIpc) is 2.32. The van der Waals surface area contributed by atoms with Crippen LogP contribution in [-0.2, 0) is 4.79 Å². The lowest BCUT2D eigenvalue weighted by molar-refractivity contribution is -0.122. The molecule has 0 radical (unpaired) electrons. The van der Waals surface area contributed by atoms with E-state index in [-0.39, 0.29) is 5.91 Å². The molecule has 0 aromatic heterocycles. The summed E-state index contributed by atoms with van der Waals surface area (Å²) in [4.78, 5) is 11.6. The quantitative estimate of drug-likeness (QED) is 0.574. The van der Waals surface area contributed by atoms with Crippen molar-refractivity contribution in [1.82, 2.24) is 5.32 Å². The monoisotopic (exact) mass is 244 g/mol. The number of hydrogen-bond acceptors (Lipinski definition) is 3. The van der Waals surface area contributed by atoms with Crippen molar-refractivity contribution >= 4 is 5.91 Å². The Kier molecular flexibility index (Phi) is 8.17. The van der Waals surface area contributed by atoms with Crippen LogP contribution in [0.25, 0.3) is 0 Å². The molecule has 0 aromatic carbocycles. The first-order chi connectivity index (χ1) is 7.95. The SMILES string of the molecule is CCC(CCN)CCC(=O)NCC(C)(O)CC. The fourth-order valence-electron chi connectivity index (χ4n) is 1.63. The third kappa shape index (κ3) is 8.16. The van der Waals surface area contributed by atoms with Gasteiger partial charge in [0.05, 0.1) is 5.60 Å². The average molecular weight is 244 g/mol. The Morgan fingerprint density at radius 2 is 2.06 bits per heavy atom. The highest BCUT2D eigenvalue weighted by molar-refractivity contribution is 5.75. The van der Waals surface area contributed by atoms with Crippen LogP contribution < -0.4 is 11.1 Å². The molecule has 0 spiro atoms. The molecule has 4 heteroatoms. The van der Waals surface area contributed by atoms with E-state index in [1.165, 1.54) is 0 Å². The molecular formula is C13H28N2O2. The van der Waals surface area contributed by atoms with Gasteiger partial charge >= 0.3 is 0 Å². The molecule has 0 aliphatic heterocycles. The molecule has 0 aliphatic carbocycles. The second-order valence-electron chi connectivity index (χ2n) is 5.02. The van der Waals surface area contributed by atoms with E-state index >= 15 is 0 Å². The molecule has 2 unspecified atom stereocenters. The summed E-state index contributed by atoms with van der Waals surface area (Å²) in [7, 11) is 0. The van der Waals surface area contributed by atoms with E-state index in [1.54, 1.807) is 6.92 Å². The molecule has 102 valence electrons. The lowest BCUT2D eigenvalue weighted by atomic mass is 9.96. The maximum Gasteiger partial charge on any atom is 0.220 e. The van der Waals surface area contributed by atoms with Crippen LogP contribution >= 0.6 is 0 Å². The zero-order valence-electron chi connectivity index (χ0n) is 11.5. The molecule has 2 atom stereocenters. The van der Waals surface area contributed by atoms with Crippen LogP contribution in [-0.4, -0.2) is 29.7 Å². The predicted molar refractivity (Wildman–Crippen MR) is 70.6 cm³/mol. The van der Waals surface area contributed by atoms with Crippen molar-refractivity contribution in [3.05, 3.63) is 0 Å². The van der Waals surface area contributed by atoms with Gasteiger partial charge in [-0.25, -0.2) is 0 Å². The van der Waals surface area contributed by atoms with E-state index in [9.17, 15) is 9.90 Å². The highest BCUT2D eigenvalue weighted by atomic mass is 16.3. The molecule has 0 aliphatic rings. The lowest BCUT2D eigenvalue weighted by Gasteiger charge is -2.22. The highest BCUT2D eigenvalue weighted by Gasteiger charge is 2.18. The van der Waals surface area contributed by atoms with Gasteiger partial charge in [0.15, 0.2) is 0 Å². The van der Waals surface area contributed by atoms with Crippen LogP contribution in [0.3, 0.4) is 0 Å². The summed E-state index contributed by atoms with van der Waals surface area (Å²) in [5.41, 5.74) is 4.72. The van der Waals surface area contributed by atoms with Crippen LogP contribution in [0.4, 0.5) is 0 Å². The van der Waals surface area contributed by atoms with Gasteiger partial charge in [0.1, 0.15) is 0 Å². The van der Waals surface area contributed by atoms with E-state index in [1.807, 2.05) is 6.92 Å². The minimum absolute atomic E-state index is 0.0224. The molecule has 4 N–H and O–H groups in total. The minimum Gasteiger partial charge on any atom is -0.388 e. The van der Waals surface area contributed by atoms with Gasteiger partial charge in [-0.3, -0.25) is 4.79 Å². The first-order valence-electron chi connectivity index (χ1n) is 6.64. The van der Waals surface area contributed by atoms with Crippen LogP contribution in [0, 0.1) is 5.92 Å². The number of carbonyl (C=O) groups excluding carboxylic acids is 1. The van der Waals surface area contributed by atoms with Gasteiger partial charge in [0.25, 0.3) is 0 Å². The second kappa shape index (κ2) is 8.48. The molecule has 0 fully saturated rings. The number of rotatable bonds is 9. The van der Waals surface area contributed by atoms with Crippen LogP contribution in [0.2, 0.25) is 0 Å². The Labute approximate surface area is 105 Å². The number of nitrogens with two attached hydrogens (primary N) is 1. The number of hydrogen-bond donors (Lipinski definition) is 3. The van der Waals surface area contributed by atoms with Crippen molar-refractivity contribution in [2.45, 2.75) is 58.5 Å². The predicted octanol–water partition coefficient (Wildman–Crippen LogP) is 1.42. The van der Waals surface area contributed by atoms with Crippen molar-refractivity contribution in [2.75, 3.05) is 13.1 Å². The van der Waals surface area contributed by atoms with E-state index in [0.29, 0.717) is 31.8 Å². The molecule has 0 heterocycles. The Morgan fingerprint density at radius 1 is 1.41 bits per heavy atom. The van der Waals surface area contributed by atoms with Gasteiger partial charge in [0.2, 0.25) is 5.91 Å². The standard InChI is InChI=1S/C13H28N2O2/c1-4-11(8-9-14)6-7-12(16)15-10-13(3,17)5-2/h11,17H,4-10,14H2,1-3H3,(H,15,16). The van der Waals surface area contributed by atoms with Gasteiger partial charge in [-0.15, -0.1) is 0 Å². The lowest BCUT2D eigenvalue weighted by Crippen LogP contribution is -2.40. The molecule has 0 saturated heterocycles. The van der Waals surface area contributed by atoms with Gasteiger partial charge < -0.3 is 16.2 Å². The Morgan fingerprint density at radius 3 is 2.53 bits per heavy atom. The van der Waals surface area contributed by atoms with Gasteiger partial charge in [-0.2, -0.15) is 0 Å². The van der Waals surface area contributed by atoms with Gasteiger partial charge in [-0.05, 0) is 38.6 Å². The van der Waals surface area contributed by atoms with Crippen molar-refractivity contribution < 1.29 is 9.90 Å². The maximum atomic E-state index is 11.6. The second-order valence-corrected chi connectivity index (χ2v) is 5.02. The fraction of sp³-hybridized carbons (Fsp3) is 0.923. The first-order valence-corrected chi connectivity index (χ1v) is 6.64. The van der Waals surface area contributed by atoms with Gasteiger partial charge in [-0.1, -0.05) is 20.3 Å². The Balaban J connectivity index is 3.79. The molecule has 0 rings (SSSR count). The largest absolute Gasteiger partial charge is 0.388 e. The summed E-state index contributed by atoms with van der Waals surface area (Å²) < 4.78 is 0. The number of amides is 1. The van der Waals surface area contributed by atoms with E-state index in [2.05, 4.69) is 12.2 Å². The molecular weight excluding hydrogens is 216 g/mol. The summed E-state index contributed by atoms with van der Waals surface area (Å²) in [5, 5.41) is 12.5. The molecule has 0 aromatic rings. The van der Waals surface area contributed by atoms with Gasteiger partial charge in [0, 0.05) is 13.0 Å². The Bertz CT molecular complexity index is 217. The summed E-state index contributed by atoms with van der Waals surface area (Å²) >= 11 is 0. The summed E-state index contributed by atoms with van der Waals surface area (Å²) in [6.07, 6.45) is 4.09. The first kappa shape index (κ1) is 16.4. The third-order valence-electron chi connectivity index (χ3n) is 3.36. The zero-order valence-corrected chi connectivity index (χ0v) is 11.5. The molecule has 0 saturated carbocycles. The van der Waals surface area contributed by atoms with E-state index < -0.39 is 5.60 Å². The van der Waals surface area contributed by atoms with Crippen LogP contribution in [0.1, 0.15) is 52.9 Å². The topological polar surface area (TPSA) is 75.4 Å². The number of carbonyl (C=O) groups is 1. The van der Waals surface area contributed by atoms with Crippen molar-refractivity contribution in [1.29, 1.82) is 0 Å². The van der Waals surface area contributed by atoms with Crippen LogP contribution in [0.5, 0.6) is 0 Å². The van der Waals surface area contributed by atoms with Crippen molar-refractivity contribution in [3.8, 4) is 0 Å². The highest BCUT2D eigenvalue weighted by Crippen LogP contribution is 2.14. The minimum atomic E-state index is -0.795. The smallest absolute Gasteiger partial charge is 0.220 e.